The minimum atomic E-state index is 1.10. The Labute approximate surface area is 520 Å². The van der Waals surface area contributed by atoms with Gasteiger partial charge in [-0.3, -0.25) is 0 Å². The molecule has 3 heterocycles. The van der Waals surface area contributed by atoms with Gasteiger partial charge in [0.15, 0.2) is 0 Å². The van der Waals surface area contributed by atoms with E-state index in [2.05, 4.69) is 348 Å². The highest BCUT2D eigenvalue weighted by atomic mass is 32.1. The molecule has 0 atom stereocenters. The second kappa shape index (κ2) is 22.4. The van der Waals surface area contributed by atoms with E-state index >= 15 is 0 Å². The molecule has 17 aromatic rings. The molecular weight excluding hydrogens is 1100 g/mol. The zero-order valence-corrected chi connectivity index (χ0v) is 49.6. The maximum Gasteiger partial charge on any atom is 0.0541 e. The molecule has 5 heteroatoms. The highest BCUT2D eigenvalue weighted by Gasteiger charge is 2.20. The summed E-state index contributed by atoms with van der Waals surface area (Å²) < 4.78 is 7.44. The molecule has 89 heavy (non-hydrogen) atoms. The van der Waals surface area contributed by atoms with Crippen LogP contribution in [-0.2, 0) is 0 Å². The third kappa shape index (κ3) is 9.40. The fraction of sp³-hybridized carbons (Fsp3) is 0. The van der Waals surface area contributed by atoms with Gasteiger partial charge in [-0.25, -0.2) is 0 Å². The Hall–Kier alpha value is -11.5. The summed E-state index contributed by atoms with van der Waals surface area (Å²) in [6.45, 7) is 7.89. The van der Waals surface area contributed by atoms with Gasteiger partial charge in [-0.05, 0) is 154 Å². The van der Waals surface area contributed by atoms with Gasteiger partial charge in [-0.15, -0.1) is 11.3 Å². The first-order valence-electron chi connectivity index (χ1n) is 30.2. The zero-order chi connectivity index (χ0) is 59.4. The molecule has 0 saturated carbocycles. The van der Waals surface area contributed by atoms with Crippen molar-refractivity contribution in [2.24, 2.45) is 0 Å². The first-order chi connectivity index (χ1) is 44.0. The summed E-state index contributed by atoms with van der Waals surface area (Å²) in [7, 11) is 0. The predicted molar refractivity (Wildman–Crippen MR) is 384 cm³/mol. The van der Waals surface area contributed by atoms with Gasteiger partial charge < -0.3 is 18.9 Å². The van der Waals surface area contributed by atoms with Gasteiger partial charge in [0.2, 0.25) is 0 Å². The van der Waals surface area contributed by atoms with Gasteiger partial charge in [0, 0.05) is 86.6 Å². The number of thiophene rings is 1. The Balaban J connectivity index is 0.000000147. The summed E-state index contributed by atoms with van der Waals surface area (Å²) in [5, 5.41) is 12.6. The van der Waals surface area contributed by atoms with Crippen LogP contribution in [0.1, 0.15) is 11.1 Å². The van der Waals surface area contributed by atoms with Gasteiger partial charge >= 0.3 is 0 Å². The lowest BCUT2D eigenvalue weighted by molar-refractivity contribution is 1.18. The lowest BCUT2D eigenvalue weighted by Crippen LogP contribution is -2.10. The van der Waals surface area contributed by atoms with Crippen LogP contribution in [-0.4, -0.2) is 9.13 Å². The first-order valence-corrected chi connectivity index (χ1v) is 31.0. The van der Waals surface area contributed by atoms with Gasteiger partial charge in [0.1, 0.15) is 0 Å². The smallest absolute Gasteiger partial charge is 0.0541 e. The topological polar surface area (TPSA) is 16.3 Å². The van der Waals surface area contributed by atoms with Gasteiger partial charge in [-0.2, -0.15) is 0 Å². The molecule has 4 nitrogen and oxygen atoms in total. The van der Waals surface area contributed by atoms with E-state index in [0.29, 0.717) is 0 Å². The Bertz CT molecular complexity index is 5070. The average Bonchev–Trinajstić information content (AvgIpc) is 1.73. The largest absolute Gasteiger partial charge is 0.310 e. The molecule has 0 bridgehead atoms. The molecule has 0 fully saturated rings. The van der Waals surface area contributed by atoms with Crippen LogP contribution in [0.25, 0.3) is 120 Å². The van der Waals surface area contributed by atoms with E-state index in [0.717, 1.165) is 56.4 Å². The molecule has 3 aromatic heterocycles. The van der Waals surface area contributed by atoms with Crippen molar-refractivity contribution in [2.45, 2.75) is 0 Å². The predicted octanol–water partition coefficient (Wildman–Crippen LogP) is 24.1. The summed E-state index contributed by atoms with van der Waals surface area (Å²) >= 11 is 1.87. The first kappa shape index (κ1) is 53.0. The van der Waals surface area contributed by atoms with Crippen LogP contribution in [0.4, 0.5) is 34.1 Å². The number of nitrogens with zero attached hydrogens (tertiary/aromatic N) is 4. The Morgan fingerprint density at radius 1 is 0.270 bits per heavy atom. The third-order valence-electron chi connectivity index (χ3n) is 17.5. The van der Waals surface area contributed by atoms with Crippen molar-refractivity contribution in [1.82, 2.24) is 9.13 Å². The van der Waals surface area contributed by atoms with Crippen LogP contribution in [0.15, 0.2) is 329 Å². The van der Waals surface area contributed by atoms with E-state index < -0.39 is 0 Å². The summed E-state index contributed by atoms with van der Waals surface area (Å²) in [6, 6.07) is 114. The summed E-state index contributed by atoms with van der Waals surface area (Å²) in [6.07, 6.45) is 3.76. The molecule has 0 aliphatic rings. The lowest BCUT2D eigenvalue weighted by atomic mass is 10.0. The van der Waals surface area contributed by atoms with Crippen molar-refractivity contribution in [3.8, 4) is 22.5 Å². The summed E-state index contributed by atoms with van der Waals surface area (Å²) in [5.41, 5.74) is 18.5. The molecule has 420 valence electrons. The van der Waals surface area contributed by atoms with E-state index in [4.69, 9.17) is 0 Å². The highest BCUT2D eigenvalue weighted by molar-refractivity contribution is 7.25. The minimum Gasteiger partial charge on any atom is -0.310 e. The fourth-order valence-electron chi connectivity index (χ4n) is 13.2. The van der Waals surface area contributed by atoms with Crippen LogP contribution >= 0.6 is 11.3 Å². The number of rotatable bonds is 11. The van der Waals surface area contributed by atoms with Gasteiger partial charge in [0.05, 0.1) is 33.4 Å². The van der Waals surface area contributed by atoms with Crippen molar-refractivity contribution >= 4 is 143 Å². The van der Waals surface area contributed by atoms with Gasteiger partial charge in [-0.1, -0.05) is 219 Å². The monoisotopic (exact) mass is 1150 g/mol. The van der Waals surface area contributed by atoms with Crippen molar-refractivity contribution in [1.29, 1.82) is 0 Å². The number of para-hydroxylation sites is 4. The van der Waals surface area contributed by atoms with E-state index in [-0.39, 0.29) is 0 Å². The molecule has 14 aromatic carbocycles. The van der Waals surface area contributed by atoms with E-state index in [1.807, 2.05) is 23.5 Å². The van der Waals surface area contributed by atoms with Crippen molar-refractivity contribution in [3.63, 3.8) is 0 Å². The SMILES string of the molecule is C=Cc1ccc(N(c2ccc(-c3ccc(N(c4ccc(C=C)cc4)c4cccc5ccccc45)cc3)cc2)c2cccc3ccccc23)cc1.c1ccc2c(c1)c1ccccc1n2-c1ccc2sc3ccc(-n4c5ccccc5c5ccccc54)cc3c2c1. The maximum atomic E-state index is 3.95. The highest BCUT2D eigenvalue weighted by Crippen LogP contribution is 2.44. The molecule has 0 N–H and O–H groups in total. The standard InChI is InChI=1S/C48H36N2.C36H22N2S/c1-3-35-19-27-41(28-20-35)49(47-17-9-13-39-11-5-7-15-45(39)47)43-31-23-37(24-32-43)38-25-33-44(34-26-38)50(42-29-21-36(4-2)22-30-42)48-18-10-14-40-12-6-8-16-46(40)48;1-5-13-31-25(9-1)26-10-2-6-14-32(26)37(31)23-17-19-35-29(21-23)30-22-24(18-20-36(30)39-35)38-33-15-7-3-11-27(33)28-12-4-8-16-34(28)38/h3-34H,1-2H2;1-22H. The molecule has 0 amide bonds. The molecule has 0 radical (unpaired) electrons. The van der Waals surface area contributed by atoms with E-state index in [9.17, 15) is 0 Å². The summed E-state index contributed by atoms with van der Waals surface area (Å²) in [4.78, 5) is 4.67. The second-order valence-corrected chi connectivity index (χ2v) is 23.6. The molecular formula is C84H58N4S. The van der Waals surface area contributed by atoms with Crippen LogP contribution in [0.2, 0.25) is 0 Å². The summed E-state index contributed by atoms with van der Waals surface area (Å²) in [5.74, 6) is 0. The number of hydrogen-bond acceptors (Lipinski definition) is 3. The van der Waals surface area contributed by atoms with E-state index in [1.165, 1.54) is 96.7 Å². The Morgan fingerprint density at radius 2 is 0.573 bits per heavy atom. The molecule has 0 aliphatic carbocycles. The number of hydrogen-bond donors (Lipinski definition) is 0. The minimum absolute atomic E-state index is 1.10. The molecule has 0 spiro atoms. The number of anilines is 6. The Morgan fingerprint density at radius 3 is 0.921 bits per heavy atom. The van der Waals surface area contributed by atoms with Gasteiger partial charge in [0.25, 0.3) is 0 Å². The molecule has 0 unspecified atom stereocenters. The molecule has 0 aliphatic heterocycles. The normalized spacial score (nSPS) is 11.5. The van der Waals surface area contributed by atoms with Crippen LogP contribution < -0.4 is 9.80 Å². The number of aromatic nitrogens is 2. The van der Waals surface area contributed by atoms with Crippen LogP contribution in [0, 0.1) is 0 Å². The van der Waals surface area contributed by atoms with Crippen molar-refractivity contribution < 1.29 is 0 Å². The van der Waals surface area contributed by atoms with Crippen molar-refractivity contribution in [2.75, 3.05) is 9.80 Å². The second-order valence-electron chi connectivity index (χ2n) is 22.6. The zero-order valence-electron chi connectivity index (χ0n) is 48.8. The molecule has 0 saturated heterocycles. The third-order valence-corrected chi connectivity index (χ3v) is 18.6. The number of fused-ring (bicyclic) bond motifs is 11. The Kier molecular flexibility index (Phi) is 13.3. The van der Waals surface area contributed by atoms with Crippen LogP contribution in [0.3, 0.4) is 0 Å². The number of benzene rings is 14. The average molecular weight is 1160 g/mol. The quantitative estimate of drug-likeness (QED) is 0.128. The van der Waals surface area contributed by atoms with E-state index in [1.54, 1.807) is 0 Å². The van der Waals surface area contributed by atoms with Crippen molar-refractivity contribution in [3.05, 3.63) is 340 Å². The van der Waals surface area contributed by atoms with Crippen LogP contribution in [0.5, 0.6) is 0 Å². The maximum absolute atomic E-state index is 3.95. The lowest BCUT2D eigenvalue weighted by Gasteiger charge is -2.27. The fourth-order valence-corrected chi connectivity index (χ4v) is 14.3. The molecule has 17 rings (SSSR count).